The van der Waals surface area contributed by atoms with E-state index in [0.717, 1.165) is 30.3 Å². The van der Waals surface area contributed by atoms with Crippen LogP contribution in [-0.2, 0) is 7.05 Å². The highest BCUT2D eigenvalue weighted by Gasteiger charge is 2.24. The highest BCUT2D eigenvalue weighted by molar-refractivity contribution is 5.26. The Morgan fingerprint density at radius 2 is 1.73 bits per heavy atom. The summed E-state index contributed by atoms with van der Waals surface area (Å²) in [6.45, 7) is 0. The first-order valence-corrected chi connectivity index (χ1v) is 5.32. The molecule has 0 unspecified atom stereocenters. The molecule has 0 aromatic carbocycles. The van der Waals surface area contributed by atoms with Gasteiger partial charge in [0.05, 0.1) is 0 Å². The van der Waals surface area contributed by atoms with Crippen LogP contribution < -0.4 is 5.69 Å². The third kappa shape index (κ3) is 1.52. The lowest BCUT2D eigenvalue weighted by atomic mass is 9.95. The zero-order valence-corrected chi connectivity index (χ0v) is 8.81. The van der Waals surface area contributed by atoms with Gasteiger partial charge in [0.1, 0.15) is 0 Å². The van der Waals surface area contributed by atoms with Crippen LogP contribution in [0.5, 0.6) is 11.8 Å². The Hall–Kier alpha value is -1.39. The minimum Gasteiger partial charge on any atom is -0.491 e. The van der Waals surface area contributed by atoms with E-state index in [0.29, 0.717) is 0 Å². The Bertz CT molecular complexity index is 413. The highest BCUT2D eigenvalue weighted by atomic mass is 16.3. The molecule has 0 spiro atoms. The van der Waals surface area contributed by atoms with Crippen LogP contribution >= 0.6 is 0 Å². The molecule has 0 atom stereocenters. The van der Waals surface area contributed by atoms with Crippen molar-refractivity contribution in [2.45, 2.75) is 38.1 Å². The fourth-order valence-corrected chi connectivity index (χ4v) is 2.27. The van der Waals surface area contributed by atoms with E-state index in [-0.39, 0.29) is 23.5 Å². The van der Waals surface area contributed by atoms with Gasteiger partial charge in [-0.2, -0.15) is 0 Å². The largest absolute Gasteiger partial charge is 0.491 e. The van der Waals surface area contributed by atoms with E-state index < -0.39 is 0 Å². The number of hydrogen-bond donors (Lipinski definition) is 2. The summed E-state index contributed by atoms with van der Waals surface area (Å²) in [5.74, 6) is -0.639. The fourth-order valence-electron chi connectivity index (χ4n) is 2.27. The molecule has 1 aromatic heterocycles. The number of nitrogens with zero attached hydrogens (tertiary/aromatic N) is 2. The van der Waals surface area contributed by atoms with E-state index >= 15 is 0 Å². The van der Waals surface area contributed by atoms with Gasteiger partial charge in [0, 0.05) is 13.1 Å². The Morgan fingerprint density at radius 1 is 1.13 bits per heavy atom. The number of rotatable bonds is 1. The summed E-state index contributed by atoms with van der Waals surface area (Å²) in [5, 5.41) is 19.1. The van der Waals surface area contributed by atoms with Gasteiger partial charge >= 0.3 is 5.69 Å². The van der Waals surface area contributed by atoms with Crippen LogP contribution in [0.4, 0.5) is 0 Å². The molecule has 0 radical (unpaired) electrons. The molecule has 2 rings (SSSR count). The van der Waals surface area contributed by atoms with Crippen LogP contribution in [0, 0.1) is 0 Å². The third-order valence-electron chi connectivity index (χ3n) is 3.18. The summed E-state index contributed by atoms with van der Waals surface area (Å²) in [7, 11) is 1.46. The summed E-state index contributed by atoms with van der Waals surface area (Å²) in [6.07, 6.45) is 5.14. The molecule has 1 aliphatic rings. The number of imidazole rings is 1. The summed E-state index contributed by atoms with van der Waals surface area (Å²) in [4.78, 5) is 11.7. The first kappa shape index (κ1) is 10.1. The van der Waals surface area contributed by atoms with Crippen LogP contribution in [0.2, 0.25) is 0 Å². The van der Waals surface area contributed by atoms with Crippen LogP contribution in [0.1, 0.15) is 38.1 Å². The van der Waals surface area contributed by atoms with Gasteiger partial charge in [0.2, 0.25) is 0 Å². The molecule has 0 bridgehead atoms. The Morgan fingerprint density at radius 3 is 2.20 bits per heavy atom. The van der Waals surface area contributed by atoms with Crippen molar-refractivity contribution in [3.8, 4) is 11.8 Å². The van der Waals surface area contributed by atoms with Gasteiger partial charge in [0.25, 0.3) is 11.8 Å². The molecule has 1 saturated carbocycles. The Kier molecular flexibility index (Phi) is 2.46. The van der Waals surface area contributed by atoms with E-state index in [4.69, 9.17) is 0 Å². The smallest absolute Gasteiger partial charge is 0.333 e. The molecule has 84 valence electrons. The summed E-state index contributed by atoms with van der Waals surface area (Å²) in [6, 6.07) is 0.0401. The molecule has 5 nitrogen and oxygen atoms in total. The van der Waals surface area contributed by atoms with Crippen molar-refractivity contribution in [3.63, 3.8) is 0 Å². The second-order valence-corrected chi connectivity index (χ2v) is 4.15. The highest BCUT2D eigenvalue weighted by Crippen LogP contribution is 2.33. The van der Waals surface area contributed by atoms with Crippen molar-refractivity contribution in [3.05, 3.63) is 10.5 Å². The van der Waals surface area contributed by atoms with E-state index in [9.17, 15) is 15.0 Å². The predicted molar refractivity (Wildman–Crippen MR) is 55.1 cm³/mol. The molecule has 1 heterocycles. The molecular formula is C10H16N2O3. The van der Waals surface area contributed by atoms with Gasteiger partial charge in [-0.1, -0.05) is 19.3 Å². The quantitative estimate of drug-likeness (QED) is 0.732. The molecule has 0 saturated heterocycles. The van der Waals surface area contributed by atoms with Crippen molar-refractivity contribution < 1.29 is 10.2 Å². The molecular weight excluding hydrogens is 196 g/mol. The molecule has 0 amide bonds. The van der Waals surface area contributed by atoms with E-state index in [2.05, 4.69) is 0 Å². The lowest BCUT2D eigenvalue weighted by Gasteiger charge is -2.22. The fraction of sp³-hybridized carbons (Fsp3) is 0.700. The Labute approximate surface area is 87.6 Å². The zero-order chi connectivity index (χ0) is 11.0. The molecule has 5 heteroatoms. The summed E-state index contributed by atoms with van der Waals surface area (Å²) < 4.78 is 2.39. The summed E-state index contributed by atoms with van der Waals surface area (Å²) >= 11 is 0. The first-order valence-electron chi connectivity index (χ1n) is 5.32. The topological polar surface area (TPSA) is 67.4 Å². The van der Waals surface area contributed by atoms with E-state index in [1.165, 1.54) is 18.0 Å². The van der Waals surface area contributed by atoms with Crippen molar-refractivity contribution in [2.75, 3.05) is 0 Å². The minimum absolute atomic E-state index is 0.0401. The van der Waals surface area contributed by atoms with Crippen LogP contribution in [-0.4, -0.2) is 19.3 Å². The van der Waals surface area contributed by atoms with Crippen LogP contribution in [0.25, 0.3) is 0 Å². The van der Waals surface area contributed by atoms with Crippen molar-refractivity contribution in [1.29, 1.82) is 0 Å². The molecule has 1 aliphatic carbocycles. The van der Waals surface area contributed by atoms with Crippen LogP contribution in [0.15, 0.2) is 4.79 Å². The van der Waals surface area contributed by atoms with Crippen LogP contribution in [0.3, 0.4) is 0 Å². The molecule has 1 fully saturated rings. The molecule has 0 aliphatic heterocycles. The second-order valence-electron chi connectivity index (χ2n) is 4.15. The van der Waals surface area contributed by atoms with Gasteiger partial charge in [-0.25, -0.2) is 4.79 Å². The maximum Gasteiger partial charge on any atom is 0.333 e. The lowest BCUT2D eigenvalue weighted by Crippen LogP contribution is -2.27. The van der Waals surface area contributed by atoms with E-state index in [1.807, 2.05) is 0 Å². The third-order valence-corrected chi connectivity index (χ3v) is 3.18. The molecule has 2 N–H and O–H groups in total. The van der Waals surface area contributed by atoms with Gasteiger partial charge in [-0.3, -0.25) is 9.13 Å². The normalized spacial score (nSPS) is 18.2. The second kappa shape index (κ2) is 3.64. The van der Waals surface area contributed by atoms with Crippen molar-refractivity contribution in [2.24, 2.45) is 7.05 Å². The van der Waals surface area contributed by atoms with Gasteiger partial charge < -0.3 is 10.2 Å². The minimum atomic E-state index is -0.342. The number of aromatic hydroxyl groups is 2. The lowest BCUT2D eigenvalue weighted by molar-refractivity contribution is 0.298. The number of aromatic nitrogens is 2. The maximum atomic E-state index is 11.7. The average molecular weight is 212 g/mol. The molecule has 1 aromatic rings. The standard InChI is InChI=1S/C10H16N2O3/c1-11-8(13)9(14)12(10(11)15)7-5-3-2-4-6-7/h7,13-14H,2-6H2,1H3. The zero-order valence-electron chi connectivity index (χ0n) is 8.81. The SMILES string of the molecule is Cn1c(O)c(O)n(C2CCCCC2)c1=O. The maximum absolute atomic E-state index is 11.7. The van der Waals surface area contributed by atoms with Gasteiger partial charge in [-0.05, 0) is 12.8 Å². The van der Waals surface area contributed by atoms with E-state index in [1.54, 1.807) is 0 Å². The average Bonchev–Trinajstić information content (AvgIpc) is 2.45. The van der Waals surface area contributed by atoms with Crippen molar-refractivity contribution >= 4 is 0 Å². The van der Waals surface area contributed by atoms with Crippen molar-refractivity contribution in [1.82, 2.24) is 9.13 Å². The first-order chi connectivity index (χ1) is 7.13. The molecule has 15 heavy (non-hydrogen) atoms. The number of hydrogen-bond acceptors (Lipinski definition) is 3. The predicted octanol–water partition coefficient (Wildman–Crippen LogP) is 1.10. The van der Waals surface area contributed by atoms with Gasteiger partial charge in [0.15, 0.2) is 0 Å². The van der Waals surface area contributed by atoms with Gasteiger partial charge in [-0.15, -0.1) is 0 Å². The summed E-state index contributed by atoms with van der Waals surface area (Å²) in [5.41, 5.74) is -0.336. The Balaban J connectivity index is 2.43. The monoisotopic (exact) mass is 212 g/mol.